The molecule has 1 rings (SSSR count). The van der Waals surface area contributed by atoms with Gasteiger partial charge in [0.1, 0.15) is 5.69 Å². The Labute approximate surface area is 95.1 Å². The maximum atomic E-state index is 11.8. The van der Waals surface area contributed by atoms with Gasteiger partial charge in [0.2, 0.25) is 0 Å². The Morgan fingerprint density at radius 2 is 2.33 bits per heavy atom. The van der Waals surface area contributed by atoms with E-state index in [4.69, 9.17) is 11.6 Å². The van der Waals surface area contributed by atoms with Crippen LogP contribution in [0.15, 0.2) is 18.3 Å². The highest BCUT2D eigenvalue weighted by Gasteiger charge is 2.12. The van der Waals surface area contributed by atoms with Crippen LogP contribution in [0.1, 0.15) is 30.3 Å². The normalized spacial score (nSPS) is 10.1. The molecule has 0 aliphatic carbocycles. The Morgan fingerprint density at radius 1 is 1.60 bits per heavy atom. The Bertz CT molecular complexity index is 341. The van der Waals surface area contributed by atoms with Crippen molar-refractivity contribution in [1.29, 1.82) is 0 Å². The quantitative estimate of drug-likeness (QED) is 0.791. The summed E-state index contributed by atoms with van der Waals surface area (Å²) < 4.78 is 0. The third kappa shape index (κ3) is 3.51. The van der Waals surface area contributed by atoms with Gasteiger partial charge in [-0.25, -0.2) is 0 Å². The second kappa shape index (κ2) is 5.71. The molecule has 1 aromatic rings. The predicted molar refractivity (Wildman–Crippen MR) is 61.1 cm³/mol. The number of pyridine rings is 1. The van der Waals surface area contributed by atoms with Crippen molar-refractivity contribution in [3.05, 3.63) is 29.0 Å². The summed E-state index contributed by atoms with van der Waals surface area (Å²) in [6.45, 7) is 2.85. The number of nitrogens with zero attached hydrogens (tertiary/aromatic N) is 2. The van der Waals surface area contributed by atoms with Gasteiger partial charge in [0.25, 0.3) is 5.91 Å². The number of amides is 1. The molecule has 0 saturated heterocycles. The minimum absolute atomic E-state index is 0.0778. The van der Waals surface area contributed by atoms with Gasteiger partial charge >= 0.3 is 0 Å². The van der Waals surface area contributed by atoms with Gasteiger partial charge < -0.3 is 4.90 Å². The van der Waals surface area contributed by atoms with E-state index in [2.05, 4.69) is 11.9 Å². The number of carbonyl (C=O) groups is 1. The van der Waals surface area contributed by atoms with Crippen molar-refractivity contribution in [3.8, 4) is 0 Å². The largest absolute Gasteiger partial charge is 0.340 e. The molecule has 1 heterocycles. The minimum Gasteiger partial charge on any atom is -0.340 e. The van der Waals surface area contributed by atoms with Gasteiger partial charge in [0.15, 0.2) is 0 Å². The standard InChI is InChI=1S/C11H15ClN2O/c1-3-4-7-14(2)11(15)10-8-9(12)5-6-13-10/h5-6,8H,3-4,7H2,1-2H3. The van der Waals surface area contributed by atoms with E-state index in [1.165, 1.54) is 0 Å². The molecule has 0 aliphatic rings. The van der Waals surface area contributed by atoms with E-state index in [1.54, 1.807) is 30.3 Å². The number of carbonyl (C=O) groups excluding carboxylic acids is 1. The van der Waals surface area contributed by atoms with Gasteiger partial charge in [0, 0.05) is 24.8 Å². The topological polar surface area (TPSA) is 33.2 Å². The second-order valence-corrected chi connectivity index (χ2v) is 3.88. The first-order chi connectivity index (χ1) is 7.15. The fourth-order valence-electron chi connectivity index (χ4n) is 1.21. The van der Waals surface area contributed by atoms with E-state index < -0.39 is 0 Å². The molecular formula is C11H15ClN2O. The van der Waals surface area contributed by atoms with Gasteiger partial charge in [-0.1, -0.05) is 24.9 Å². The van der Waals surface area contributed by atoms with E-state index in [0.29, 0.717) is 10.7 Å². The van der Waals surface area contributed by atoms with Crippen molar-refractivity contribution >= 4 is 17.5 Å². The summed E-state index contributed by atoms with van der Waals surface area (Å²) in [6.07, 6.45) is 3.62. The van der Waals surface area contributed by atoms with Crippen LogP contribution in [0.4, 0.5) is 0 Å². The maximum absolute atomic E-state index is 11.8. The van der Waals surface area contributed by atoms with Crippen LogP contribution in [0.2, 0.25) is 5.02 Å². The minimum atomic E-state index is -0.0778. The average molecular weight is 227 g/mol. The van der Waals surface area contributed by atoms with Crippen LogP contribution in [-0.4, -0.2) is 29.4 Å². The first-order valence-electron chi connectivity index (χ1n) is 5.02. The molecule has 0 saturated carbocycles. The third-order valence-electron chi connectivity index (χ3n) is 2.13. The highest BCUT2D eigenvalue weighted by Crippen LogP contribution is 2.09. The Kier molecular flexibility index (Phi) is 4.56. The molecule has 0 radical (unpaired) electrons. The fourth-order valence-corrected chi connectivity index (χ4v) is 1.37. The summed E-state index contributed by atoms with van der Waals surface area (Å²) in [5.74, 6) is -0.0778. The zero-order valence-electron chi connectivity index (χ0n) is 9.03. The highest BCUT2D eigenvalue weighted by molar-refractivity contribution is 6.30. The molecule has 0 aromatic carbocycles. The van der Waals surface area contributed by atoms with Crippen LogP contribution < -0.4 is 0 Å². The van der Waals surface area contributed by atoms with Crippen molar-refractivity contribution < 1.29 is 4.79 Å². The van der Waals surface area contributed by atoms with E-state index in [-0.39, 0.29) is 5.91 Å². The summed E-state index contributed by atoms with van der Waals surface area (Å²) in [6, 6.07) is 3.25. The van der Waals surface area contributed by atoms with Crippen LogP contribution in [0.5, 0.6) is 0 Å². The van der Waals surface area contributed by atoms with Crippen molar-refractivity contribution in [1.82, 2.24) is 9.88 Å². The lowest BCUT2D eigenvalue weighted by atomic mass is 10.3. The molecule has 0 N–H and O–H groups in total. The molecule has 1 amide bonds. The lowest BCUT2D eigenvalue weighted by Crippen LogP contribution is -2.28. The maximum Gasteiger partial charge on any atom is 0.272 e. The lowest BCUT2D eigenvalue weighted by Gasteiger charge is -2.15. The molecule has 0 aliphatic heterocycles. The van der Waals surface area contributed by atoms with Gasteiger partial charge in [-0.15, -0.1) is 0 Å². The second-order valence-electron chi connectivity index (χ2n) is 3.44. The van der Waals surface area contributed by atoms with Crippen LogP contribution in [-0.2, 0) is 0 Å². The van der Waals surface area contributed by atoms with Gasteiger partial charge in [-0.05, 0) is 18.6 Å². The monoisotopic (exact) mass is 226 g/mol. The first kappa shape index (κ1) is 12.0. The molecule has 0 fully saturated rings. The average Bonchev–Trinajstić information content (AvgIpc) is 2.24. The van der Waals surface area contributed by atoms with E-state index in [9.17, 15) is 4.79 Å². The van der Waals surface area contributed by atoms with E-state index in [0.717, 1.165) is 19.4 Å². The van der Waals surface area contributed by atoms with Crippen LogP contribution in [0.25, 0.3) is 0 Å². The summed E-state index contributed by atoms with van der Waals surface area (Å²) in [5, 5.41) is 0.539. The molecule has 1 aromatic heterocycles. The van der Waals surface area contributed by atoms with Crippen molar-refractivity contribution in [3.63, 3.8) is 0 Å². The Hall–Kier alpha value is -1.09. The Morgan fingerprint density at radius 3 is 2.93 bits per heavy atom. The smallest absolute Gasteiger partial charge is 0.272 e. The summed E-state index contributed by atoms with van der Waals surface area (Å²) >= 11 is 5.79. The molecule has 0 unspecified atom stereocenters. The molecular weight excluding hydrogens is 212 g/mol. The Balaban J connectivity index is 2.67. The summed E-state index contributed by atoms with van der Waals surface area (Å²) in [5.41, 5.74) is 0.404. The van der Waals surface area contributed by atoms with Gasteiger partial charge in [-0.2, -0.15) is 0 Å². The van der Waals surface area contributed by atoms with E-state index >= 15 is 0 Å². The number of halogens is 1. The van der Waals surface area contributed by atoms with Crippen molar-refractivity contribution in [2.75, 3.05) is 13.6 Å². The number of hydrogen-bond donors (Lipinski definition) is 0. The number of rotatable bonds is 4. The fraction of sp³-hybridized carbons (Fsp3) is 0.455. The summed E-state index contributed by atoms with van der Waals surface area (Å²) in [4.78, 5) is 17.5. The number of unbranched alkanes of at least 4 members (excludes halogenated alkanes) is 1. The highest BCUT2D eigenvalue weighted by atomic mass is 35.5. The van der Waals surface area contributed by atoms with Crippen LogP contribution >= 0.6 is 11.6 Å². The van der Waals surface area contributed by atoms with Crippen molar-refractivity contribution in [2.45, 2.75) is 19.8 Å². The number of aromatic nitrogens is 1. The van der Waals surface area contributed by atoms with Crippen LogP contribution in [0.3, 0.4) is 0 Å². The van der Waals surface area contributed by atoms with Gasteiger partial charge in [-0.3, -0.25) is 9.78 Å². The zero-order chi connectivity index (χ0) is 11.3. The van der Waals surface area contributed by atoms with Crippen LogP contribution in [0, 0.1) is 0 Å². The first-order valence-corrected chi connectivity index (χ1v) is 5.40. The molecule has 0 bridgehead atoms. The zero-order valence-corrected chi connectivity index (χ0v) is 9.79. The molecule has 0 atom stereocenters. The predicted octanol–water partition coefficient (Wildman–Crippen LogP) is 2.61. The molecule has 0 spiro atoms. The molecule has 3 nitrogen and oxygen atoms in total. The SMILES string of the molecule is CCCCN(C)C(=O)c1cc(Cl)ccn1. The third-order valence-corrected chi connectivity index (χ3v) is 2.37. The molecule has 4 heteroatoms. The lowest BCUT2D eigenvalue weighted by molar-refractivity contribution is 0.0787. The molecule has 15 heavy (non-hydrogen) atoms. The molecule has 82 valence electrons. The number of hydrogen-bond acceptors (Lipinski definition) is 2. The van der Waals surface area contributed by atoms with Crippen molar-refractivity contribution in [2.24, 2.45) is 0 Å². The van der Waals surface area contributed by atoms with E-state index in [1.807, 2.05) is 0 Å². The summed E-state index contributed by atoms with van der Waals surface area (Å²) in [7, 11) is 1.78. The van der Waals surface area contributed by atoms with Gasteiger partial charge in [0.05, 0.1) is 0 Å².